The molecule has 1 unspecified atom stereocenters. The number of anilines is 3. The molecule has 0 aliphatic heterocycles. The van der Waals surface area contributed by atoms with Crippen molar-refractivity contribution in [1.82, 2.24) is 19.5 Å². The molecule has 0 amide bonds. The van der Waals surface area contributed by atoms with Crippen LogP contribution in [0.4, 0.5) is 17.6 Å². The Balaban J connectivity index is 1.47. The molecule has 3 N–H and O–H groups in total. The van der Waals surface area contributed by atoms with E-state index in [0.29, 0.717) is 21.8 Å². The number of carbonyl (C=O) groups excluding carboxylic acids is 1. The van der Waals surface area contributed by atoms with Crippen LogP contribution < -0.4 is 16.8 Å². The largest absolute Gasteiger partial charge is 0.456 e. The first-order valence-electron chi connectivity index (χ1n) is 9.20. The summed E-state index contributed by atoms with van der Waals surface area (Å²) in [5, 5.41) is 3.56. The topological polar surface area (TPSA) is 138 Å². The van der Waals surface area contributed by atoms with Gasteiger partial charge in [-0.3, -0.25) is 4.57 Å². The Bertz CT molecular complexity index is 1300. The van der Waals surface area contributed by atoms with Gasteiger partial charge in [-0.2, -0.15) is 15.0 Å². The maximum Gasteiger partial charge on any atom is 0.420 e. The lowest BCUT2D eigenvalue weighted by Gasteiger charge is -2.12. The van der Waals surface area contributed by atoms with Crippen LogP contribution in [0.5, 0.6) is 0 Å². The number of ether oxygens (including phenoxy) is 1. The second-order valence-electron chi connectivity index (χ2n) is 6.55. The van der Waals surface area contributed by atoms with E-state index in [1.54, 1.807) is 55.5 Å². The van der Waals surface area contributed by atoms with Gasteiger partial charge in [-0.25, -0.2) is 9.59 Å². The molecule has 0 saturated carbocycles. The molecule has 31 heavy (non-hydrogen) atoms. The van der Waals surface area contributed by atoms with Gasteiger partial charge in [0.2, 0.25) is 11.9 Å². The lowest BCUT2D eigenvalue weighted by atomic mass is 10.3. The fourth-order valence-corrected chi connectivity index (χ4v) is 3.06. The van der Waals surface area contributed by atoms with Gasteiger partial charge in [0.05, 0.1) is 5.52 Å². The Kier molecular flexibility index (Phi) is 5.54. The number of carbonyl (C=O) groups is 1. The summed E-state index contributed by atoms with van der Waals surface area (Å²) in [6, 6.07) is 12.8. The molecule has 2 heterocycles. The Morgan fingerprint density at radius 1 is 1.19 bits per heavy atom. The quantitative estimate of drug-likeness (QED) is 0.433. The van der Waals surface area contributed by atoms with Crippen LogP contribution in [0.15, 0.2) is 57.7 Å². The van der Waals surface area contributed by atoms with Crippen molar-refractivity contribution < 1.29 is 13.9 Å². The SMILES string of the molecule is CC(C(=O)OCc1nc(N)nc(Nc2ccc(Cl)cc2)n1)n1c(=O)oc2ccccc21. The fraction of sp³-hybridized carbons (Fsp3) is 0.150. The summed E-state index contributed by atoms with van der Waals surface area (Å²) in [6.45, 7) is 1.29. The molecule has 10 nitrogen and oxygen atoms in total. The maximum atomic E-state index is 12.5. The van der Waals surface area contributed by atoms with Gasteiger partial charge in [-0.1, -0.05) is 23.7 Å². The van der Waals surface area contributed by atoms with Crippen LogP contribution in [-0.4, -0.2) is 25.5 Å². The van der Waals surface area contributed by atoms with Crippen LogP contribution in [0, 0.1) is 0 Å². The molecule has 0 aliphatic carbocycles. The molecule has 0 saturated heterocycles. The molecule has 0 radical (unpaired) electrons. The maximum absolute atomic E-state index is 12.5. The normalized spacial score (nSPS) is 11.9. The number of nitrogens with one attached hydrogen (secondary N) is 1. The molecule has 2 aromatic carbocycles. The minimum Gasteiger partial charge on any atom is -0.456 e. The molecular weight excluding hydrogens is 424 g/mol. The molecule has 0 bridgehead atoms. The van der Waals surface area contributed by atoms with Crippen molar-refractivity contribution in [2.24, 2.45) is 0 Å². The molecule has 0 spiro atoms. The number of nitrogens with zero attached hydrogens (tertiary/aromatic N) is 4. The summed E-state index contributed by atoms with van der Waals surface area (Å²) in [4.78, 5) is 36.9. The number of hydrogen-bond acceptors (Lipinski definition) is 9. The standard InChI is InChI=1S/C20H17ClN6O4/c1-11(27-14-4-2-3-5-15(14)31-20(27)29)17(28)30-10-16-24-18(22)26-19(25-16)23-13-8-6-12(21)7-9-13/h2-9,11H,10H2,1H3,(H3,22,23,24,25,26). The van der Waals surface area contributed by atoms with E-state index in [0.717, 1.165) is 0 Å². The van der Waals surface area contributed by atoms with Gasteiger partial charge in [0, 0.05) is 10.7 Å². The van der Waals surface area contributed by atoms with E-state index in [1.165, 1.54) is 4.57 Å². The van der Waals surface area contributed by atoms with Crippen LogP contribution in [0.3, 0.4) is 0 Å². The number of fused-ring (bicyclic) bond motifs is 1. The van der Waals surface area contributed by atoms with Crippen molar-refractivity contribution in [1.29, 1.82) is 0 Å². The highest BCUT2D eigenvalue weighted by Crippen LogP contribution is 2.19. The van der Waals surface area contributed by atoms with E-state index in [4.69, 9.17) is 26.5 Å². The molecular formula is C20H17ClN6O4. The Labute approximate surface area is 180 Å². The van der Waals surface area contributed by atoms with Gasteiger partial charge in [-0.05, 0) is 43.3 Å². The number of nitrogens with two attached hydrogens (primary N) is 1. The summed E-state index contributed by atoms with van der Waals surface area (Å²) in [5.74, 6) is -1.01. The zero-order chi connectivity index (χ0) is 22.0. The first-order chi connectivity index (χ1) is 14.9. The third-order valence-corrected chi connectivity index (χ3v) is 4.64. The molecule has 4 rings (SSSR count). The molecule has 0 aliphatic rings. The number of esters is 1. The van der Waals surface area contributed by atoms with Crippen LogP contribution in [0.1, 0.15) is 18.8 Å². The summed E-state index contributed by atoms with van der Waals surface area (Å²) in [7, 11) is 0. The van der Waals surface area contributed by atoms with Gasteiger partial charge in [-0.15, -0.1) is 0 Å². The number of benzene rings is 2. The number of hydrogen-bond donors (Lipinski definition) is 2. The second-order valence-corrected chi connectivity index (χ2v) is 6.99. The number of oxazole rings is 1. The Hall–Kier alpha value is -3.92. The van der Waals surface area contributed by atoms with E-state index >= 15 is 0 Å². The first kappa shape index (κ1) is 20.4. The fourth-order valence-electron chi connectivity index (χ4n) is 2.93. The van der Waals surface area contributed by atoms with E-state index in [1.807, 2.05) is 0 Å². The minimum atomic E-state index is -0.915. The number of halogens is 1. The van der Waals surface area contributed by atoms with Crippen molar-refractivity contribution in [3.05, 3.63) is 69.9 Å². The predicted octanol–water partition coefficient (Wildman–Crippen LogP) is 3.06. The molecule has 158 valence electrons. The third kappa shape index (κ3) is 4.48. The van der Waals surface area contributed by atoms with Crippen LogP contribution in [-0.2, 0) is 16.1 Å². The van der Waals surface area contributed by atoms with E-state index in [-0.39, 0.29) is 24.3 Å². The van der Waals surface area contributed by atoms with Gasteiger partial charge in [0.25, 0.3) is 0 Å². The van der Waals surface area contributed by atoms with Gasteiger partial charge >= 0.3 is 11.7 Å². The monoisotopic (exact) mass is 440 g/mol. The average Bonchev–Trinajstić information content (AvgIpc) is 3.08. The average molecular weight is 441 g/mol. The van der Waals surface area contributed by atoms with Crippen molar-refractivity contribution in [2.45, 2.75) is 19.6 Å². The number of rotatable bonds is 6. The van der Waals surface area contributed by atoms with Gasteiger partial charge < -0.3 is 20.2 Å². The van der Waals surface area contributed by atoms with Crippen molar-refractivity contribution in [3.8, 4) is 0 Å². The zero-order valence-electron chi connectivity index (χ0n) is 16.3. The van der Waals surface area contributed by atoms with Crippen molar-refractivity contribution in [3.63, 3.8) is 0 Å². The predicted molar refractivity (Wildman–Crippen MR) is 114 cm³/mol. The molecule has 0 fully saturated rings. The van der Waals surface area contributed by atoms with Crippen LogP contribution >= 0.6 is 11.6 Å². The summed E-state index contributed by atoms with van der Waals surface area (Å²) < 4.78 is 11.7. The van der Waals surface area contributed by atoms with Crippen LogP contribution in [0.2, 0.25) is 5.02 Å². The van der Waals surface area contributed by atoms with Crippen molar-refractivity contribution in [2.75, 3.05) is 11.1 Å². The lowest BCUT2D eigenvalue weighted by Crippen LogP contribution is -2.26. The molecule has 1 atom stereocenters. The molecule has 2 aromatic heterocycles. The van der Waals surface area contributed by atoms with E-state index in [9.17, 15) is 9.59 Å². The number of para-hydroxylation sites is 2. The van der Waals surface area contributed by atoms with Gasteiger partial charge in [0.15, 0.2) is 18.0 Å². The smallest absolute Gasteiger partial charge is 0.420 e. The number of aromatic nitrogens is 4. The third-order valence-electron chi connectivity index (χ3n) is 4.39. The highest BCUT2D eigenvalue weighted by molar-refractivity contribution is 6.30. The number of nitrogen functional groups attached to an aromatic ring is 1. The van der Waals surface area contributed by atoms with E-state index < -0.39 is 17.8 Å². The summed E-state index contributed by atoms with van der Waals surface area (Å²) in [5.41, 5.74) is 7.31. The second kappa shape index (κ2) is 8.44. The highest BCUT2D eigenvalue weighted by atomic mass is 35.5. The van der Waals surface area contributed by atoms with Crippen molar-refractivity contribution >= 4 is 46.3 Å². The summed E-state index contributed by atoms with van der Waals surface area (Å²) >= 11 is 5.88. The van der Waals surface area contributed by atoms with E-state index in [2.05, 4.69) is 20.3 Å². The first-order valence-corrected chi connectivity index (χ1v) is 9.58. The van der Waals surface area contributed by atoms with Gasteiger partial charge in [0.1, 0.15) is 6.04 Å². The highest BCUT2D eigenvalue weighted by Gasteiger charge is 2.23. The minimum absolute atomic E-state index is 0.0393. The summed E-state index contributed by atoms with van der Waals surface area (Å²) in [6.07, 6.45) is 0. The molecule has 11 heteroatoms. The Morgan fingerprint density at radius 2 is 1.94 bits per heavy atom. The lowest BCUT2D eigenvalue weighted by molar-refractivity contribution is -0.148. The van der Waals surface area contributed by atoms with Crippen LogP contribution in [0.25, 0.3) is 11.1 Å². The Morgan fingerprint density at radius 3 is 2.71 bits per heavy atom. The zero-order valence-corrected chi connectivity index (χ0v) is 17.0. The molecule has 4 aromatic rings.